The first-order chi connectivity index (χ1) is 17.1. The van der Waals surface area contributed by atoms with Crippen molar-refractivity contribution >= 4 is 51.7 Å². The van der Waals surface area contributed by atoms with E-state index in [4.69, 9.17) is 37.4 Å². The molecule has 3 aromatic rings. The summed E-state index contributed by atoms with van der Waals surface area (Å²) in [5.74, 6) is 0.362. The van der Waals surface area contributed by atoms with E-state index < -0.39 is 11.4 Å². The van der Waals surface area contributed by atoms with Crippen LogP contribution in [0.2, 0.25) is 10.0 Å². The van der Waals surface area contributed by atoms with Crippen LogP contribution in [0.15, 0.2) is 30.6 Å². The molecule has 2 aromatic carbocycles. The summed E-state index contributed by atoms with van der Waals surface area (Å²) in [5.41, 5.74) is 1.04. The monoisotopic (exact) mass is 536 g/mol. The Morgan fingerprint density at radius 1 is 1.19 bits per heavy atom. The maximum Gasteiger partial charge on any atom is 0.410 e. The first kappa shape index (κ1) is 26.2. The molecule has 0 atom stereocenters. The summed E-state index contributed by atoms with van der Waals surface area (Å²) in [6.07, 6.45) is 1.02. The van der Waals surface area contributed by atoms with Crippen LogP contribution in [0.4, 0.5) is 20.7 Å². The Labute approximate surface area is 218 Å². The normalized spacial score (nSPS) is 14.0. The SMILES string of the molecule is COCCOc1cc2ncnc(Nc3ccc(Cl)c(Cl)c3F)c2cc1C1CN(C(=O)OC(C)(C)C)C1. The minimum absolute atomic E-state index is 0.00855. The lowest BCUT2D eigenvalue weighted by Crippen LogP contribution is -2.50. The first-order valence-corrected chi connectivity index (χ1v) is 12.1. The molecule has 1 aromatic heterocycles. The summed E-state index contributed by atoms with van der Waals surface area (Å²) in [6, 6.07) is 6.72. The fourth-order valence-electron chi connectivity index (χ4n) is 3.78. The molecule has 1 aliphatic rings. The van der Waals surface area contributed by atoms with Gasteiger partial charge in [0.2, 0.25) is 0 Å². The maximum absolute atomic E-state index is 14.7. The Hall–Kier alpha value is -2.88. The predicted molar refractivity (Wildman–Crippen MR) is 137 cm³/mol. The number of nitrogens with zero attached hydrogens (tertiary/aromatic N) is 3. The molecule has 1 saturated heterocycles. The highest BCUT2D eigenvalue weighted by atomic mass is 35.5. The van der Waals surface area contributed by atoms with Crippen LogP contribution in [0.1, 0.15) is 32.3 Å². The Bertz CT molecular complexity index is 1280. The molecule has 0 saturated carbocycles. The Kier molecular flexibility index (Phi) is 7.73. The molecule has 0 spiro atoms. The van der Waals surface area contributed by atoms with Crippen molar-refractivity contribution in [3.8, 4) is 5.75 Å². The molecular formula is C25H27Cl2FN4O4. The second kappa shape index (κ2) is 10.6. The van der Waals surface area contributed by atoms with Crippen molar-refractivity contribution in [2.24, 2.45) is 0 Å². The van der Waals surface area contributed by atoms with E-state index in [0.717, 1.165) is 5.56 Å². The molecule has 2 heterocycles. The lowest BCUT2D eigenvalue weighted by Gasteiger charge is -2.40. The molecule has 0 radical (unpaired) electrons. The number of aromatic nitrogens is 2. The van der Waals surface area contributed by atoms with Crippen LogP contribution in [0, 0.1) is 5.82 Å². The summed E-state index contributed by atoms with van der Waals surface area (Å²) in [6.45, 7) is 7.20. The number of likely N-dealkylation sites (tertiary alicyclic amines) is 1. The van der Waals surface area contributed by atoms with Crippen LogP contribution in [0.5, 0.6) is 5.75 Å². The second-order valence-corrected chi connectivity index (χ2v) is 10.2. The van der Waals surface area contributed by atoms with Gasteiger partial charge in [-0.15, -0.1) is 0 Å². The zero-order valence-electron chi connectivity index (χ0n) is 20.4. The van der Waals surface area contributed by atoms with E-state index >= 15 is 0 Å². The van der Waals surface area contributed by atoms with Gasteiger partial charge in [-0.25, -0.2) is 19.2 Å². The third kappa shape index (κ3) is 5.74. The van der Waals surface area contributed by atoms with Gasteiger partial charge in [-0.1, -0.05) is 23.2 Å². The summed E-state index contributed by atoms with van der Waals surface area (Å²) < 4.78 is 31.3. The number of hydrogen-bond acceptors (Lipinski definition) is 7. The topological polar surface area (TPSA) is 85.8 Å². The Morgan fingerprint density at radius 3 is 2.64 bits per heavy atom. The van der Waals surface area contributed by atoms with E-state index in [1.807, 2.05) is 32.9 Å². The molecule has 0 bridgehead atoms. The minimum Gasteiger partial charge on any atom is -0.491 e. The highest BCUT2D eigenvalue weighted by Gasteiger charge is 2.36. The number of carbonyl (C=O) groups is 1. The van der Waals surface area contributed by atoms with Crippen molar-refractivity contribution in [3.63, 3.8) is 0 Å². The number of carbonyl (C=O) groups excluding carboxylic acids is 1. The van der Waals surface area contributed by atoms with Gasteiger partial charge in [0.25, 0.3) is 0 Å². The number of benzene rings is 2. The number of nitrogens with one attached hydrogen (secondary N) is 1. The lowest BCUT2D eigenvalue weighted by atomic mass is 9.90. The minimum atomic E-state index is -0.678. The Morgan fingerprint density at radius 2 is 1.94 bits per heavy atom. The second-order valence-electron chi connectivity index (χ2n) is 9.40. The smallest absolute Gasteiger partial charge is 0.410 e. The molecular weight excluding hydrogens is 510 g/mol. The van der Waals surface area contributed by atoms with E-state index in [1.54, 1.807) is 12.0 Å². The number of halogens is 3. The van der Waals surface area contributed by atoms with Crippen molar-refractivity contribution in [1.29, 1.82) is 0 Å². The third-order valence-electron chi connectivity index (χ3n) is 5.57. The summed E-state index contributed by atoms with van der Waals surface area (Å²) in [5, 5.41) is 3.60. The van der Waals surface area contributed by atoms with E-state index in [-0.39, 0.29) is 27.7 Å². The number of rotatable bonds is 7. The number of fused-ring (bicyclic) bond motifs is 1. The molecule has 4 rings (SSSR count). The summed E-state index contributed by atoms with van der Waals surface area (Å²) in [4.78, 5) is 22.8. The van der Waals surface area contributed by atoms with Crippen molar-refractivity contribution in [3.05, 3.63) is 52.0 Å². The van der Waals surface area contributed by atoms with Gasteiger partial charge in [0.05, 0.1) is 27.9 Å². The third-order valence-corrected chi connectivity index (χ3v) is 6.35. The van der Waals surface area contributed by atoms with Crippen LogP contribution >= 0.6 is 23.2 Å². The molecule has 36 heavy (non-hydrogen) atoms. The van der Waals surface area contributed by atoms with Crippen molar-refractivity contribution in [1.82, 2.24) is 14.9 Å². The van der Waals surface area contributed by atoms with Crippen LogP contribution < -0.4 is 10.1 Å². The number of methoxy groups -OCH3 is 1. The number of ether oxygens (including phenoxy) is 3. The van der Waals surface area contributed by atoms with Crippen LogP contribution in [-0.4, -0.2) is 60.0 Å². The van der Waals surface area contributed by atoms with Gasteiger partial charge >= 0.3 is 6.09 Å². The highest BCUT2D eigenvalue weighted by molar-refractivity contribution is 6.42. The van der Waals surface area contributed by atoms with E-state index in [0.29, 0.717) is 48.8 Å². The van der Waals surface area contributed by atoms with E-state index in [2.05, 4.69) is 15.3 Å². The van der Waals surface area contributed by atoms with Crippen molar-refractivity contribution in [2.45, 2.75) is 32.3 Å². The zero-order chi connectivity index (χ0) is 26.0. The van der Waals surface area contributed by atoms with E-state index in [9.17, 15) is 9.18 Å². The average Bonchev–Trinajstić information content (AvgIpc) is 2.78. The molecule has 1 fully saturated rings. The molecule has 0 unspecified atom stereocenters. The standard InChI is InChI=1S/C25H27Cl2FN4O4/c1-25(2,3)36-24(33)32-11-14(12-32)15-9-16-19(10-20(15)35-8-7-34-4)29-13-30-23(16)31-18-6-5-17(26)21(27)22(18)28/h5-6,9-10,13-14H,7-8,11-12H2,1-4H3,(H,29,30,31). The molecule has 8 nitrogen and oxygen atoms in total. The number of hydrogen-bond donors (Lipinski definition) is 1. The largest absolute Gasteiger partial charge is 0.491 e. The van der Waals surface area contributed by atoms with Crippen LogP contribution in [0.25, 0.3) is 10.9 Å². The average molecular weight is 537 g/mol. The fraction of sp³-hybridized carbons (Fsp3) is 0.400. The van der Waals surface area contributed by atoms with Gasteiger partial charge in [-0.2, -0.15) is 0 Å². The number of anilines is 2. The molecule has 0 aliphatic carbocycles. The number of amides is 1. The van der Waals surface area contributed by atoms with Crippen LogP contribution in [0.3, 0.4) is 0 Å². The van der Waals surface area contributed by atoms with Crippen LogP contribution in [-0.2, 0) is 9.47 Å². The van der Waals surface area contributed by atoms with E-state index in [1.165, 1.54) is 18.5 Å². The van der Waals surface area contributed by atoms with Gasteiger partial charge < -0.3 is 24.4 Å². The van der Waals surface area contributed by atoms with Gasteiger partial charge in [0.15, 0.2) is 5.82 Å². The van der Waals surface area contributed by atoms with Gasteiger partial charge in [0.1, 0.15) is 30.1 Å². The van der Waals surface area contributed by atoms with Crippen molar-refractivity contribution < 1.29 is 23.4 Å². The molecule has 11 heteroatoms. The maximum atomic E-state index is 14.7. The Balaban J connectivity index is 1.66. The van der Waals surface area contributed by atoms with Gasteiger partial charge in [-0.05, 0) is 39.0 Å². The quantitative estimate of drug-likeness (QED) is 0.285. The molecule has 1 N–H and O–H groups in total. The highest BCUT2D eigenvalue weighted by Crippen LogP contribution is 2.39. The summed E-state index contributed by atoms with van der Waals surface area (Å²) in [7, 11) is 1.60. The van der Waals surface area contributed by atoms with Crippen molar-refractivity contribution in [2.75, 3.05) is 38.7 Å². The molecule has 192 valence electrons. The fourth-order valence-corrected chi connectivity index (χ4v) is 4.09. The first-order valence-electron chi connectivity index (χ1n) is 11.4. The summed E-state index contributed by atoms with van der Waals surface area (Å²) >= 11 is 11.9. The zero-order valence-corrected chi connectivity index (χ0v) is 21.9. The van der Waals surface area contributed by atoms with Gasteiger partial charge in [0, 0.05) is 43.1 Å². The molecule has 1 aliphatic heterocycles. The van der Waals surface area contributed by atoms with Gasteiger partial charge in [-0.3, -0.25) is 0 Å². The lowest BCUT2D eigenvalue weighted by molar-refractivity contribution is 0.00793. The molecule has 1 amide bonds. The predicted octanol–water partition coefficient (Wildman–Crippen LogP) is 6.18.